The van der Waals surface area contributed by atoms with Gasteiger partial charge >= 0.3 is 11.9 Å². The van der Waals surface area contributed by atoms with Gasteiger partial charge in [0, 0.05) is 19.4 Å². The van der Waals surface area contributed by atoms with Gasteiger partial charge in [0.1, 0.15) is 0 Å². The molecule has 0 spiro atoms. The van der Waals surface area contributed by atoms with Gasteiger partial charge in [-0.3, -0.25) is 9.59 Å². The first-order valence-electron chi connectivity index (χ1n) is 9.73. The number of ether oxygens (including phenoxy) is 3. The Bertz CT molecular complexity index is 802. The minimum Gasteiger partial charge on any atom is -0.465 e. The van der Waals surface area contributed by atoms with Gasteiger partial charge in [0.25, 0.3) is 0 Å². The molecule has 6 heteroatoms. The summed E-state index contributed by atoms with van der Waals surface area (Å²) < 4.78 is 17.4. The number of benzene rings is 1. The number of carbonyl (C=O) groups excluding carboxylic acids is 2. The fourth-order valence-corrected chi connectivity index (χ4v) is 4.48. The fourth-order valence-electron chi connectivity index (χ4n) is 4.48. The summed E-state index contributed by atoms with van der Waals surface area (Å²) in [5, 5.41) is 0. The molecule has 1 saturated carbocycles. The van der Waals surface area contributed by atoms with E-state index in [0.29, 0.717) is 18.7 Å². The Balaban J connectivity index is 2.26. The molecule has 0 unspecified atom stereocenters. The van der Waals surface area contributed by atoms with Gasteiger partial charge in [-0.05, 0) is 32.8 Å². The molecule has 1 fully saturated rings. The monoisotopic (exact) mass is 385 g/mol. The van der Waals surface area contributed by atoms with Crippen LogP contribution in [-0.2, 0) is 23.8 Å². The van der Waals surface area contributed by atoms with Crippen LogP contribution in [0, 0.1) is 11.3 Å². The second kappa shape index (κ2) is 7.87. The van der Waals surface area contributed by atoms with Crippen molar-refractivity contribution in [1.82, 2.24) is 0 Å². The molecule has 3 rings (SSSR count). The zero-order valence-corrected chi connectivity index (χ0v) is 16.8. The SMILES string of the molecule is C/C=C/[C@@H]1C[C@]2(C(=O)OCC)C(c3ccccc3)=N[C@@]1(OCC)[C@H]2OC(C)=O. The van der Waals surface area contributed by atoms with E-state index in [9.17, 15) is 9.59 Å². The molecular weight excluding hydrogens is 358 g/mol. The Morgan fingerprint density at radius 2 is 1.93 bits per heavy atom. The van der Waals surface area contributed by atoms with E-state index in [1.54, 1.807) is 6.92 Å². The zero-order chi connectivity index (χ0) is 20.4. The Labute approximate surface area is 165 Å². The molecule has 1 aromatic carbocycles. The average molecular weight is 385 g/mol. The lowest BCUT2D eigenvalue weighted by Gasteiger charge is -2.33. The number of fused-ring (bicyclic) bond motifs is 2. The van der Waals surface area contributed by atoms with Gasteiger partial charge in [0.2, 0.25) is 5.72 Å². The van der Waals surface area contributed by atoms with E-state index in [4.69, 9.17) is 19.2 Å². The molecule has 2 bridgehead atoms. The highest BCUT2D eigenvalue weighted by Crippen LogP contribution is 2.60. The molecule has 2 aliphatic rings. The number of hydrogen-bond acceptors (Lipinski definition) is 6. The summed E-state index contributed by atoms with van der Waals surface area (Å²) in [6.45, 7) is 7.47. The summed E-state index contributed by atoms with van der Waals surface area (Å²) in [7, 11) is 0. The summed E-state index contributed by atoms with van der Waals surface area (Å²) in [6.07, 6.45) is 3.40. The van der Waals surface area contributed by atoms with Crippen LogP contribution in [0.2, 0.25) is 0 Å². The zero-order valence-electron chi connectivity index (χ0n) is 16.8. The quantitative estimate of drug-likeness (QED) is 0.532. The first kappa shape index (κ1) is 20.3. The number of nitrogens with zero attached hydrogens (tertiary/aromatic N) is 1. The number of aliphatic imine (C=N–C) groups is 1. The number of esters is 2. The normalized spacial score (nSPS) is 31.1. The molecule has 0 radical (unpaired) electrons. The van der Waals surface area contributed by atoms with Crippen LogP contribution in [0.3, 0.4) is 0 Å². The number of rotatable bonds is 7. The molecule has 28 heavy (non-hydrogen) atoms. The summed E-state index contributed by atoms with van der Waals surface area (Å²) in [5.74, 6) is -1.12. The van der Waals surface area contributed by atoms with Crippen molar-refractivity contribution in [3.05, 3.63) is 48.0 Å². The van der Waals surface area contributed by atoms with Gasteiger partial charge in [-0.25, -0.2) is 4.99 Å². The van der Waals surface area contributed by atoms with Crippen LogP contribution >= 0.6 is 0 Å². The average Bonchev–Trinajstić information content (AvgIpc) is 3.08. The van der Waals surface area contributed by atoms with Gasteiger partial charge in [-0.1, -0.05) is 42.5 Å². The van der Waals surface area contributed by atoms with Gasteiger partial charge in [-0.2, -0.15) is 0 Å². The predicted molar refractivity (Wildman–Crippen MR) is 105 cm³/mol. The molecule has 0 saturated heterocycles. The Kier molecular flexibility index (Phi) is 5.70. The maximum atomic E-state index is 13.3. The molecule has 1 aliphatic heterocycles. The van der Waals surface area contributed by atoms with Crippen molar-refractivity contribution in [2.45, 2.75) is 45.9 Å². The molecule has 1 aliphatic carbocycles. The van der Waals surface area contributed by atoms with Crippen LogP contribution in [0.25, 0.3) is 0 Å². The van der Waals surface area contributed by atoms with Gasteiger partial charge < -0.3 is 14.2 Å². The molecule has 6 nitrogen and oxygen atoms in total. The van der Waals surface area contributed by atoms with Gasteiger partial charge in [-0.15, -0.1) is 0 Å². The third kappa shape index (κ3) is 2.96. The van der Waals surface area contributed by atoms with Crippen LogP contribution in [0.15, 0.2) is 47.5 Å². The lowest BCUT2D eigenvalue weighted by Crippen LogP contribution is -2.50. The lowest BCUT2D eigenvalue weighted by molar-refractivity contribution is -0.179. The highest BCUT2D eigenvalue weighted by molar-refractivity contribution is 6.18. The third-order valence-corrected chi connectivity index (χ3v) is 5.38. The molecule has 0 N–H and O–H groups in total. The summed E-state index contributed by atoms with van der Waals surface area (Å²) in [6, 6.07) is 9.48. The van der Waals surface area contributed by atoms with Crippen LogP contribution in [0.4, 0.5) is 0 Å². The van der Waals surface area contributed by atoms with Crippen molar-refractivity contribution in [1.29, 1.82) is 0 Å². The van der Waals surface area contributed by atoms with E-state index in [1.807, 2.05) is 56.3 Å². The highest BCUT2D eigenvalue weighted by Gasteiger charge is 2.75. The van der Waals surface area contributed by atoms with Crippen molar-refractivity contribution in [2.75, 3.05) is 13.2 Å². The smallest absolute Gasteiger partial charge is 0.322 e. The van der Waals surface area contributed by atoms with E-state index in [-0.39, 0.29) is 12.5 Å². The summed E-state index contributed by atoms with van der Waals surface area (Å²) >= 11 is 0. The molecule has 0 amide bonds. The Morgan fingerprint density at radius 3 is 2.50 bits per heavy atom. The maximum Gasteiger partial charge on any atom is 0.322 e. The minimum atomic E-state index is -1.21. The van der Waals surface area contributed by atoms with E-state index in [1.165, 1.54) is 6.92 Å². The minimum absolute atomic E-state index is 0.210. The summed E-state index contributed by atoms with van der Waals surface area (Å²) in [5.41, 5.74) is -0.993. The molecule has 1 aromatic rings. The topological polar surface area (TPSA) is 74.2 Å². The highest BCUT2D eigenvalue weighted by atomic mass is 16.6. The van der Waals surface area contributed by atoms with Crippen molar-refractivity contribution in [3.63, 3.8) is 0 Å². The third-order valence-electron chi connectivity index (χ3n) is 5.38. The van der Waals surface area contributed by atoms with E-state index in [0.717, 1.165) is 5.56 Å². The number of carbonyl (C=O) groups is 2. The molecule has 0 aromatic heterocycles. The van der Waals surface area contributed by atoms with Crippen LogP contribution < -0.4 is 0 Å². The number of allylic oxidation sites excluding steroid dienone is 1. The van der Waals surface area contributed by atoms with Crippen LogP contribution in [0.5, 0.6) is 0 Å². The Hall–Kier alpha value is -2.47. The largest absolute Gasteiger partial charge is 0.465 e. The van der Waals surface area contributed by atoms with Crippen LogP contribution in [0.1, 0.15) is 39.7 Å². The van der Waals surface area contributed by atoms with Crippen molar-refractivity contribution < 1.29 is 23.8 Å². The van der Waals surface area contributed by atoms with Crippen molar-refractivity contribution >= 4 is 17.7 Å². The van der Waals surface area contributed by atoms with E-state index >= 15 is 0 Å². The first-order chi connectivity index (χ1) is 13.5. The molecular formula is C22H27NO5. The molecule has 4 atom stereocenters. The maximum absolute atomic E-state index is 13.3. The standard InChI is InChI=1S/C22H27NO5/c1-5-11-17-14-21(20(25)26-6-2)18(16-12-9-8-10-13-16)23-22(17,27-7-3)19(21)28-15(4)24/h5,8-13,17,19H,6-7,14H2,1-4H3/b11-5+/t17-,19+,21+,22+/m1/s1. The molecule has 1 heterocycles. The number of hydrogen-bond donors (Lipinski definition) is 0. The fraction of sp³-hybridized carbons (Fsp3) is 0.500. The molecule has 150 valence electrons. The van der Waals surface area contributed by atoms with Gasteiger partial charge in [0.15, 0.2) is 11.5 Å². The summed E-state index contributed by atoms with van der Waals surface area (Å²) in [4.78, 5) is 30.2. The van der Waals surface area contributed by atoms with Crippen LogP contribution in [-0.4, -0.2) is 42.7 Å². The predicted octanol–water partition coefficient (Wildman–Crippen LogP) is 3.30. The van der Waals surface area contributed by atoms with E-state index < -0.39 is 29.2 Å². The van der Waals surface area contributed by atoms with Gasteiger partial charge in [0.05, 0.1) is 12.3 Å². The second-order valence-electron chi connectivity index (χ2n) is 7.03. The van der Waals surface area contributed by atoms with Crippen molar-refractivity contribution in [2.24, 2.45) is 16.3 Å². The first-order valence-corrected chi connectivity index (χ1v) is 9.73. The van der Waals surface area contributed by atoms with E-state index in [2.05, 4.69) is 0 Å². The second-order valence-corrected chi connectivity index (χ2v) is 7.03. The Morgan fingerprint density at radius 1 is 1.21 bits per heavy atom. The van der Waals surface area contributed by atoms with Crippen molar-refractivity contribution in [3.8, 4) is 0 Å². The lowest BCUT2D eigenvalue weighted by atomic mass is 9.76.